The van der Waals surface area contributed by atoms with Gasteiger partial charge in [0.15, 0.2) is 0 Å². The zero-order valence-corrected chi connectivity index (χ0v) is 10.7. The van der Waals surface area contributed by atoms with Crippen molar-refractivity contribution in [3.63, 3.8) is 0 Å². The Hall–Kier alpha value is -1.30. The molecule has 1 aliphatic carbocycles. The van der Waals surface area contributed by atoms with Gasteiger partial charge in [-0.15, -0.1) is 0 Å². The molecule has 1 aliphatic rings. The first-order valence-electron chi connectivity index (χ1n) is 6.69. The molecule has 1 aromatic carbocycles. The van der Waals surface area contributed by atoms with Crippen LogP contribution in [0.2, 0.25) is 0 Å². The Bertz CT molecular complexity index is 422. The molecule has 1 aromatic rings. The lowest BCUT2D eigenvalue weighted by molar-refractivity contribution is 0.0168. The lowest BCUT2D eigenvalue weighted by atomic mass is 9.98. The number of hydrogen-bond acceptors (Lipinski definition) is 2. The van der Waals surface area contributed by atoms with E-state index in [1.165, 1.54) is 32.1 Å². The summed E-state index contributed by atoms with van der Waals surface area (Å²) < 4.78 is 5.93. The minimum Gasteiger partial charge on any atom is -0.384 e. The number of aliphatic hydroxyl groups is 1. The summed E-state index contributed by atoms with van der Waals surface area (Å²) in [4.78, 5) is 0. The lowest BCUT2D eigenvalue weighted by Gasteiger charge is -2.22. The quantitative estimate of drug-likeness (QED) is 0.828. The van der Waals surface area contributed by atoms with Crippen molar-refractivity contribution in [3.05, 3.63) is 35.4 Å². The minimum atomic E-state index is -0.0944. The number of aliphatic hydroxyl groups excluding tert-OH is 1. The van der Waals surface area contributed by atoms with Gasteiger partial charge in [-0.25, -0.2) is 0 Å². The van der Waals surface area contributed by atoms with Crippen LogP contribution in [0, 0.1) is 11.8 Å². The molecular formula is C16H20O2. The number of ether oxygens (including phenoxy) is 1. The maximum absolute atomic E-state index is 8.67. The van der Waals surface area contributed by atoms with Gasteiger partial charge >= 0.3 is 0 Å². The van der Waals surface area contributed by atoms with Crippen LogP contribution >= 0.6 is 0 Å². The SMILES string of the molecule is OCC#Cc1cccc(COC2CCCCC2)c1. The molecule has 0 saturated heterocycles. The van der Waals surface area contributed by atoms with E-state index < -0.39 is 0 Å². The van der Waals surface area contributed by atoms with Gasteiger partial charge in [0.25, 0.3) is 0 Å². The van der Waals surface area contributed by atoms with Crippen molar-refractivity contribution in [2.45, 2.75) is 44.8 Å². The van der Waals surface area contributed by atoms with Gasteiger partial charge in [0, 0.05) is 5.56 Å². The molecule has 0 atom stereocenters. The van der Waals surface area contributed by atoms with E-state index in [4.69, 9.17) is 9.84 Å². The Morgan fingerprint density at radius 1 is 1.22 bits per heavy atom. The fourth-order valence-electron chi connectivity index (χ4n) is 2.33. The maximum atomic E-state index is 8.67. The standard InChI is InChI=1S/C16H20O2/c17-11-5-8-14-6-4-7-15(12-14)13-18-16-9-2-1-3-10-16/h4,6-7,12,16-17H,1-3,9-11,13H2. The molecule has 0 radical (unpaired) electrons. The molecule has 1 N–H and O–H groups in total. The highest BCUT2D eigenvalue weighted by Gasteiger charge is 2.13. The average Bonchev–Trinajstić information content (AvgIpc) is 2.44. The molecule has 0 amide bonds. The van der Waals surface area contributed by atoms with Crippen LogP contribution in [-0.2, 0) is 11.3 Å². The van der Waals surface area contributed by atoms with Crippen LogP contribution in [-0.4, -0.2) is 17.8 Å². The summed E-state index contributed by atoms with van der Waals surface area (Å²) in [6.45, 7) is 0.572. The zero-order chi connectivity index (χ0) is 12.6. The molecule has 96 valence electrons. The first-order valence-corrected chi connectivity index (χ1v) is 6.69. The largest absolute Gasteiger partial charge is 0.384 e. The van der Waals surface area contributed by atoms with Crippen LogP contribution < -0.4 is 0 Å². The first kappa shape index (κ1) is 13.1. The Labute approximate surface area is 109 Å². The molecule has 0 heterocycles. The van der Waals surface area contributed by atoms with Gasteiger partial charge in [-0.3, -0.25) is 0 Å². The van der Waals surface area contributed by atoms with Gasteiger partial charge in [-0.1, -0.05) is 43.2 Å². The van der Waals surface area contributed by atoms with E-state index in [2.05, 4.69) is 17.9 Å². The summed E-state index contributed by atoms with van der Waals surface area (Å²) in [6, 6.07) is 8.03. The Kier molecular flexibility index (Phi) is 5.26. The summed E-state index contributed by atoms with van der Waals surface area (Å²) in [7, 11) is 0. The molecule has 0 aliphatic heterocycles. The molecule has 0 bridgehead atoms. The summed E-state index contributed by atoms with van der Waals surface area (Å²) in [5.41, 5.74) is 2.10. The van der Waals surface area contributed by atoms with E-state index in [0.29, 0.717) is 12.7 Å². The second-order valence-corrected chi connectivity index (χ2v) is 4.73. The molecule has 0 spiro atoms. The average molecular weight is 244 g/mol. The Balaban J connectivity index is 1.88. The molecule has 18 heavy (non-hydrogen) atoms. The van der Waals surface area contributed by atoms with Crippen molar-refractivity contribution < 1.29 is 9.84 Å². The molecule has 0 aromatic heterocycles. The van der Waals surface area contributed by atoms with Crippen molar-refractivity contribution >= 4 is 0 Å². The van der Waals surface area contributed by atoms with Gasteiger partial charge in [0.1, 0.15) is 6.61 Å². The van der Waals surface area contributed by atoms with Crippen molar-refractivity contribution in [2.24, 2.45) is 0 Å². The van der Waals surface area contributed by atoms with E-state index in [9.17, 15) is 0 Å². The van der Waals surface area contributed by atoms with Crippen LogP contribution in [0.3, 0.4) is 0 Å². The third-order valence-electron chi connectivity index (χ3n) is 3.28. The molecule has 1 saturated carbocycles. The monoisotopic (exact) mass is 244 g/mol. The van der Waals surface area contributed by atoms with Crippen LogP contribution in [0.15, 0.2) is 24.3 Å². The first-order chi connectivity index (χ1) is 8.88. The van der Waals surface area contributed by atoms with Gasteiger partial charge in [-0.2, -0.15) is 0 Å². The third kappa shape index (κ3) is 4.18. The molecule has 1 fully saturated rings. The van der Waals surface area contributed by atoms with E-state index in [1.807, 2.05) is 18.2 Å². The minimum absolute atomic E-state index is 0.0944. The van der Waals surface area contributed by atoms with Crippen molar-refractivity contribution in [2.75, 3.05) is 6.61 Å². The Morgan fingerprint density at radius 3 is 2.83 bits per heavy atom. The van der Waals surface area contributed by atoms with Crippen LogP contribution in [0.25, 0.3) is 0 Å². The topological polar surface area (TPSA) is 29.5 Å². The van der Waals surface area contributed by atoms with Crippen LogP contribution in [0.1, 0.15) is 43.2 Å². The fourth-order valence-corrected chi connectivity index (χ4v) is 2.33. The molecule has 0 unspecified atom stereocenters. The van der Waals surface area contributed by atoms with Crippen LogP contribution in [0.4, 0.5) is 0 Å². The molecule has 2 rings (SSSR count). The lowest BCUT2D eigenvalue weighted by Crippen LogP contribution is -2.16. The highest BCUT2D eigenvalue weighted by molar-refractivity contribution is 5.36. The zero-order valence-electron chi connectivity index (χ0n) is 10.7. The van der Waals surface area contributed by atoms with Crippen molar-refractivity contribution in [3.8, 4) is 11.8 Å². The van der Waals surface area contributed by atoms with Gasteiger partial charge in [0.05, 0.1) is 12.7 Å². The second kappa shape index (κ2) is 7.20. The summed E-state index contributed by atoms with van der Waals surface area (Å²) in [6.07, 6.45) is 6.78. The van der Waals surface area contributed by atoms with E-state index in [-0.39, 0.29) is 6.61 Å². The second-order valence-electron chi connectivity index (χ2n) is 4.73. The van der Waals surface area contributed by atoms with Gasteiger partial charge in [-0.05, 0) is 30.5 Å². The summed E-state index contributed by atoms with van der Waals surface area (Å²) in [5, 5.41) is 8.67. The predicted molar refractivity (Wildman–Crippen MR) is 72.1 cm³/mol. The number of rotatable bonds is 3. The Morgan fingerprint density at radius 2 is 2.06 bits per heavy atom. The normalized spacial score (nSPS) is 16.1. The molecular weight excluding hydrogens is 224 g/mol. The highest BCUT2D eigenvalue weighted by Crippen LogP contribution is 2.21. The third-order valence-corrected chi connectivity index (χ3v) is 3.28. The van der Waals surface area contributed by atoms with E-state index in [1.54, 1.807) is 0 Å². The number of benzene rings is 1. The van der Waals surface area contributed by atoms with Crippen molar-refractivity contribution in [1.29, 1.82) is 0 Å². The smallest absolute Gasteiger partial charge is 0.104 e. The van der Waals surface area contributed by atoms with Crippen LogP contribution in [0.5, 0.6) is 0 Å². The summed E-state index contributed by atoms with van der Waals surface area (Å²) >= 11 is 0. The summed E-state index contributed by atoms with van der Waals surface area (Å²) in [5.74, 6) is 5.58. The number of hydrogen-bond donors (Lipinski definition) is 1. The fraction of sp³-hybridized carbons (Fsp3) is 0.500. The maximum Gasteiger partial charge on any atom is 0.104 e. The van der Waals surface area contributed by atoms with Crippen molar-refractivity contribution in [1.82, 2.24) is 0 Å². The highest BCUT2D eigenvalue weighted by atomic mass is 16.5. The van der Waals surface area contributed by atoms with E-state index >= 15 is 0 Å². The van der Waals surface area contributed by atoms with Gasteiger partial charge < -0.3 is 9.84 Å². The van der Waals surface area contributed by atoms with Gasteiger partial charge in [0.2, 0.25) is 0 Å². The van der Waals surface area contributed by atoms with E-state index in [0.717, 1.165) is 11.1 Å². The molecule has 2 nitrogen and oxygen atoms in total. The molecule has 2 heteroatoms. The predicted octanol–water partition coefficient (Wildman–Crippen LogP) is 2.88.